The molecule has 4 aromatic rings. The number of carbonyl (C=O) groups is 2. The van der Waals surface area contributed by atoms with Gasteiger partial charge in [0, 0.05) is 42.5 Å². The highest BCUT2D eigenvalue weighted by molar-refractivity contribution is 5.96. The number of amides is 2. The fourth-order valence-electron chi connectivity index (χ4n) is 3.43. The minimum Gasteiger partial charge on any atom is -0.355 e. The lowest BCUT2D eigenvalue weighted by molar-refractivity contribution is -0.120. The monoisotopic (exact) mass is 416 g/mol. The molecule has 0 unspecified atom stereocenters. The van der Waals surface area contributed by atoms with Gasteiger partial charge in [0.05, 0.1) is 6.42 Å². The van der Waals surface area contributed by atoms with E-state index in [0.717, 1.165) is 22.1 Å². The molecule has 6 nitrogen and oxygen atoms in total. The molecule has 0 saturated carbocycles. The number of H-pyrrole nitrogens is 1. The fraction of sp³-hybridized carbons (Fsp3) is 0.125. The first-order valence-electron chi connectivity index (χ1n) is 9.83. The topological polar surface area (TPSA) is 86.9 Å². The Balaban J connectivity index is 1.53. The molecule has 0 radical (unpaired) electrons. The van der Waals surface area contributed by atoms with Crippen LogP contribution in [0.4, 0.5) is 4.39 Å². The lowest BCUT2D eigenvalue weighted by Crippen LogP contribution is -2.24. The minimum absolute atomic E-state index is 0.159. The molecule has 0 atom stereocenters. The van der Waals surface area contributed by atoms with E-state index in [1.165, 1.54) is 12.1 Å². The molecule has 0 saturated heterocycles. The molecule has 0 aliphatic heterocycles. The molecule has 4 rings (SSSR count). The van der Waals surface area contributed by atoms with Crippen LogP contribution >= 0.6 is 0 Å². The quantitative estimate of drug-likeness (QED) is 0.449. The number of aromatic nitrogens is 2. The molecule has 2 amide bonds. The van der Waals surface area contributed by atoms with Crippen molar-refractivity contribution in [1.29, 1.82) is 0 Å². The number of nitrogens with zero attached hydrogens (tertiary/aromatic N) is 1. The third kappa shape index (κ3) is 4.61. The second-order valence-electron chi connectivity index (χ2n) is 7.18. The number of halogens is 1. The highest BCUT2D eigenvalue weighted by atomic mass is 19.1. The van der Waals surface area contributed by atoms with E-state index in [0.29, 0.717) is 16.8 Å². The summed E-state index contributed by atoms with van der Waals surface area (Å²) in [5.74, 6) is -0.659. The van der Waals surface area contributed by atoms with E-state index in [1.54, 1.807) is 43.7 Å². The van der Waals surface area contributed by atoms with Gasteiger partial charge in [0.15, 0.2) is 0 Å². The van der Waals surface area contributed by atoms with Crippen LogP contribution < -0.4 is 10.6 Å². The van der Waals surface area contributed by atoms with Gasteiger partial charge in [-0.2, -0.15) is 0 Å². The summed E-state index contributed by atoms with van der Waals surface area (Å²) >= 11 is 0. The van der Waals surface area contributed by atoms with Crippen LogP contribution in [0.15, 0.2) is 67.0 Å². The molecule has 31 heavy (non-hydrogen) atoms. The lowest BCUT2D eigenvalue weighted by Gasteiger charge is -2.07. The number of benzene rings is 2. The van der Waals surface area contributed by atoms with Gasteiger partial charge >= 0.3 is 0 Å². The summed E-state index contributed by atoms with van der Waals surface area (Å²) in [5, 5.41) is 6.27. The SMILES string of the molecule is CNC(=O)c1cccc(-c2cnc3[nH]cc(CC(=O)NCc4cccc(F)c4)c3c2)c1. The largest absolute Gasteiger partial charge is 0.355 e. The molecule has 156 valence electrons. The molecular formula is C24H21FN4O2. The highest BCUT2D eigenvalue weighted by Gasteiger charge is 2.12. The lowest BCUT2D eigenvalue weighted by atomic mass is 10.0. The molecule has 2 heterocycles. The number of fused-ring (bicyclic) bond motifs is 1. The smallest absolute Gasteiger partial charge is 0.251 e. The summed E-state index contributed by atoms with van der Waals surface area (Å²) in [7, 11) is 1.59. The van der Waals surface area contributed by atoms with Crippen LogP contribution in [0.5, 0.6) is 0 Å². The number of aromatic amines is 1. The standard InChI is InChI=1S/C24H21FN4O2/c1-26-24(31)17-6-3-5-16(9-17)18-10-21-19(14-29-23(21)28-13-18)11-22(30)27-12-15-4-2-7-20(25)8-15/h2-10,13-14H,11-12H2,1H3,(H,26,31)(H,27,30)(H,28,29). The van der Waals surface area contributed by atoms with E-state index in [1.807, 2.05) is 18.2 Å². The normalized spacial score (nSPS) is 10.8. The van der Waals surface area contributed by atoms with Crippen molar-refractivity contribution in [2.45, 2.75) is 13.0 Å². The van der Waals surface area contributed by atoms with Gasteiger partial charge in [0.2, 0.25) is 5.91 Å². The molecule has 7 heteroatoms. The third-order valence-electron chi connectivity index (χ3n) is 5.03. The van der Waals surface area contributed by atoms with Gasteiger partial charge in [-0.3, -0.25) is 9.59 Å². The summed E-state index contributed by atoms with van der Waals surface area (Å²) in [6.07, 6.45) is 3.67. The summed E-state index contributed by atoms with van der Waals surface area (Å²) in [6.45, 7) is 0.259. The number of hydrogen-bond acceptors (Lipinski definition) is 3. The molecule has 0 fully saturated rings. The first kappa shape index (κ1) is 20.3. The maximum absolute atomic E-state index is 13.3. The van der Waals surface area contributed by atoms with Crippen molar-refractivity contribution in [1.82, 2.24) is 20.6 Å². The van der Waals surface area contributed by atoms with Crippen LogP contribution in [-0.2, 0) is 17.8 Å². The van der Waals surface area contributed by atoms with Crippen molar-refractivity contribution in [3.8, 4) is 11.1 Å². The first-order chi connectivity index (χ1) is 15.0. The summed E-state index contributed by atoms with van der Waals surface area (Å²) in [5.41, 5.74) is 4.46. The second-order valence-corrected chi connectivity index (χ2v) is 7.18. The zero-order valence-corrected chi connectivity index (χ0v) is 16.9. The van der Waals surface area contributed by atoms with Gasteiger partial charge < -0.3 is 15.6 Å². The third-order valence-corrected chi connectivity index (χ3v) is 5.03. The average Bonchev–Trinajstić information content (AvgIpc) is 3.19. The second kappa shape index (κ2) is 8.79. The fourth-order valence-corrected chi connectivity index (χ4v) is 3.43. The Kier molecular flexibility index (Phi) is 5.75. The Labute approximate surface area is 178 Å². The molecule has 2 aromatic heterocycles. The minimum atomic E-state index is -0.331. The Hall–Kier alpha value is -4.00. The number of pyridine rings is 1. The Bertz CT molecular complexity index is 1270. The summed E-state index contributed by atoms with van der Waals surface area (Å²) < 4.78 is 13.3. The van der Waals surface area contributed by atoms with Crippen molar-refractivity contribution in [2.75, 3.05) is 7.05 Å². The number of rotatable bonds is 6. The van der Waals surface area contributed by atoms with Gasteiger partial charge in [-0.05, 0) is 47.0 Å². The highest BCUT2D eigenvalue weighted by Crippen LogP contribution is 2.25. The maximum atomic E-state index is 13.3. The Morgan fingerprint density at radius 3 is 2.71 bits per heavy atom. The van der Waals surface area contributed by atoms with Crippen molar-refractivity contribution >= 4 is 22.8 Å². The van der Waals surface area contributed by atoms with Crippen molar-refractivity contribution in [2.24, 2.45) is 0 Å². The average molecular weight is 416 g/mol. The van der Waals surface area contributed by atoms with Gasteiger partial charge in [-0.25, -0.2) is 9.37 Å². The van der Waals surface area contributed by atoms with Crippen LogP contribution in [0.3, 0.4) is 0 Å². The van der Waals surface area contributed by atoms with Crippen LogP contribution in [0.1, 0.15) is 21.5 Å². The van der Waals surface area contributed by atoms with Crippen LogP contribution in [0.25, 0.3) is 22.2 Å². The van der Waals surface area contributed by atoms with Gasteiger partial charge in [-0.15, -0.1) is 0 Å². The molecule has 2 aromatic carbocycles. The number of carbonyl (C=O) groups excluding carboxylic acids is 2. The van der Waals surface area contributed by atoms with Gasteiger partial charge in [-0.1, -0.05) is 24.3 Å². The zero-order valence-electron chi connectivity index (χ0n) is 16.9. The molecular weight excluding hydrogens is 395 g/mol. The van der Waals surface area contributed by atoms with Crippen LogP contribution in [0, 0.1) is 5.82 Å². The van der Waals surface area contributed by atoms with E-state index in [9.17, 15) is 14.0 Å². The maximum Gasteiger partial charge on any atom is 0.251 e. The Morgan fingerprint density at radius 2 is 1.90 bits per heavy atom. The molecule has 3 N–H and O–H groups in total. The van der Waals surface area contributed by atoms with Gasteiger partial charge in [0.25, 0.3) is 5.91 Å². The molecule has 0 spiro atoms. The van der Waals surface area contributed by atoms with Crippen LogP contribution in [-0.4, -0.2) is 28.8 Å². The Morgan fingerprint density at radius 1 is 1.06 bits per heavy atom. The predicted molar refractivity (Wildman–Crippen MR) is 117 cm³/mol. The van der Waals surface area contributed by atoms with E-state index in [-0.39, 0.29) is 30.6 Å². The van der Waals surface area contributed by atoms with E-state index >= 15 is 0 Å². The van der Waals surface area contributed by atoms with Gasteiger partial charge in [0.1, 0.15) is 11.5 Å². The van der Waals surface area contributed by atoms with E-state index in [2.05, 4.69) is 20.6 Å². The van der Waals surface area contributed by atoms with Crippen LogP contribution in [0.2, 0.25) is 0 Å². The molecule has 0 aliphatic carbocycles. The molecule has 0 bridgehead atoms. The molecule has 0 aliphatic rings. The predicted octanol–water partition coefficient (Wildman–Crippen LogP) is 3.59. The van der Waals surface area contributed by atoms with Crippen molar-refractivity contribution in [3.63, 3.8) is 0 Å². The van der Waals surface area contributed by atoms with E-state index < -0.39 is 0 Å². The summed E-state index contributed by atoms with van der Waals surface area (Å²) in [6, 6.07) is 15.4. The van der Waals surface area contributed by atoms with Crippen molar-refractivity contribution in [3.05, 3.63) is 89.5 Å². The van der Waals surface area contributed by atoms with E-state index in [4.69, 9.17) is 0 Å². The number of nitrogens with one attached hydrogen (secondary N) is 3. The zero-order chi connectivity index (χ0) is 21.8. The first-order valence-corrected chi connectivity index (χ1v) is 9.83. The summed E-state index contributed by atoms with van der Waals surface area (Å²) in [4.78, 5) is 31.9. The van der Waals surface area contributed by atoms with Crippen molar-refractivity contribution < 1.29 is 14.0 Å². The number of hydrogen-bond donors (Lipinski definition) is 3.